The van der Waals surface area contributed by atoms with Crippen LogP contribution in [0.2, 0.25) is 0 Å². The lowest BCUT2D eigenvalue weighted by Crippen LogP contribution is -2.45. The molecule has 116 valence electrons. The highest BCUT2D eigenvalue weighted by Crippen LogP contribution is 2.25. The van der Waals surface area contributed by atoms with E-state index in [1.54, 1.807) is 19.9 Å². The summed E-state index contributed by atoms with van der Waals surface area (Å²) < 4.78 is 6.24. The minimum Gasteiger partial charge on any atom is -0.483 e. The second-order valence-electron chi connectivity index (χ2n) is 5.55. The van der Waals surface area contributed by atoms with Crippen molar-refractivity contribution in [3.05, 3.63) is 28.2 Å². The Morgan fingerprint density at radius 3 is 2.62 bits per heavy atom. The summed E-state index contributed by atoms with van der Waals surface area (Å²) in [4.78, 5) is 22.4. The van der Waals surface area contributed by atoms with E-state index in [4.69, 9.17) is 9.84 Å². The first kappa shape index (κ1) is 17.5. The Kier molecular flexibility index (Phi) is 6.20. The zero-order valence-electron chi connectivity index (χ0n) is 12.4. The molecular formula is C15H20BrNO4. The van der Waals surface area contributed by atoms with Gasteiger partial charge >= 0.3 is 5.97 Å². The van der Waals surface area contributed by atoms with Crippen molar-refractivity contribution in [2.24, 2.45) is 0 Å². The van der Waals surface area contributed by atoms with Crippen molar-refractivity contribution >= 4 is 27.8 Å². The molecule has 0 atom stereocenters. The Labute approximate surface area is 132 Å². The summed E-state index contributed by atoms with van der Waals surface area (Å²) in [6.07, 6.45) is 0.375. The zero-order chi connectivity index (χ0) is 16.0. The van der Waals surface area contributed by atoms with E-state index < -0.39 is 11.5 Å². The normalized spacial score (nSPS) is 11.0. The molecule has 0 radical (unpaired) electrons. The van der Waals surface area contributed by atoms with Gasteiger partial charge in [0.15, 0.2) is 6.61 Å². The molecule has 0 unspecified atom stereocenters. The highest BCUT2D eigenvalue weighted by atomic mass is 79.9. The minimum atomic E-state index is -0.878. The predicted molar refractivity (Wildman–Crippen MR) is 83.5 cm³/mol. The van der Waals surface area contributed by atoms with Gasteiger partial charge < -0.3 is 15.2 Å². The molecule has 1 aromatic rings. The first-order valence-electron chi connectivity index (χ1n) is 6.61. The van der Waals surface area contributed by atoms with Crippen LogP contribution in [0.3, 0.4) is 0 Å². The number of rotatable bonds is 7. The van der Waals surface area contributed by atoms with Gasteiger partial charge in [-0.15, -0.1) is 0 Å². The predicted octanol–water partition coefficient (Wildman–Crippen LogP) is 2.90. The van der Waals surface area contributed by atoms with Gasteiger partial charge in [0.25, 0.3) is 5.91 Å². The fourth-order valence-electron chi connectivity index (χ4n) is 1.76. The van der Waals surface area contributed by atoms with E-state index in [9.17, 15) is 9.59 Å². The standard InChI is InChI=1S/C15H20BrNO4/c1-10-4-5-12(11(16)8-10)21-9-13(18)17-15(2,3)7-6-14(19)20/h4-5,8H,6-7,9H2,1-3H3,(H,17,18)(H,19,20). The molecule has 21 heavy (non-hydrogen) atoms. The van der Waals surface area contributed by atoms with Gasteiger partial charge in [-0.1, -0.05) is 6.07 Å². The van der Waals surface area contributed by atoms with Crippen molar-refractivity contribution in [2.45, 2.75) is 39.2 Å². The van der Waals surface area contributed by atoms with E-state index in [1.807, 2.05) is 19.1 Å². The second kappa shape index (κ2) is 7.45. The summed E-state index contributed by atoms with van der Waals surface area (Å²) in [6, 6.07) is 5.60. The van der Waals surface area contributed by atoms with E-state index in [1.165, 1.54) is 0 Å². The third-order valence-electron chi connectivity index (χ3n) is 2.89. The van der Waals surface area contributed by atoms with Crippen molar-refractivity contribution in [1.29, 1.82) is 0 Å². The Morgan fingerprint density at radius 2 is 2.05 bits per heavy atom. The van der Waals surface area contributed by atoms with Crippen molar-refractivity contribution in [2.75, 3.05) is 6.61 Å². The van der Waals surface area contributed by atoms with Crippen LogP contribution in [-0.2, 0) is 9.59 Å². The number of ether oxygens (including phenoxy) is 1. The van der Waals surface area contributed by atoms with Gasteiger partial charge in [0.1, 0.15) is 5.75 Å². The monoisotopic (exact) mass is 357 g/mol. The highest BCUT2D eigenvalue weighted by Gasteiger charge is 2.21. The molecule has 1 rings (SSSR count). The maximum absolute atomic E-state index is 11.9. The number of aryl methyl sites for hydroxylation is 1. The van der Waals surface area contributed by atoms with Gasteiger partial charge in [0.05, 0.1) is 4.47 Å². The molecule has 0 bridgehead atoms. The van der Waals surface area contributed by atoms with Crippen LogP contribution in [0.15, 0.2) is 22.7 Å². The fraction of sp³-hybridized carbons (Fsp3) is 0.467. The quantitative estimate of drug-likeness (QED) is 0.786. The number of hydrogen-bond acceptors (Lipinski definition) is 3. The van der Waals surface area contributed by atoms with Crippen LogP contribution in [0.4, 0.5) is 0 Å². The van der Waals surface area contributed by atoms with Gasteiger partial charge in [0.2, 0.25) is 0 Å². The number of hydrogen-bond donors (Lipinski definition) is 2. The molecule has 0 spiro atoms. The number of carboxylic acid groups (broad SMARTS) is 1. The average Bonchev–Trinajstić information content (AvgIpc) is 2.35. The van der Waals surface area contributed by atoms with Crippen molar-refractivity contribution < 1.29 is 19.4 Å². The van der Waals surface area contributed by atoms with E-state index in [0.29, 0.717) is 12.2 Å². The number of carbonyl (C=O) groups is 2. The summed E-state index contributed by atoms with van der Waals surface area (Å²) in [5.41, 5.74) is 0.511. The molecule has 1 amide bonds. The van der Waals surface area contributed by atoms with E-state index in [2.05, 4.69) is 21.2 Å². The molecule has 0 fully saturated rings. The number of aliphatic carboxylic acids is 1. The smallest absolute Gasteiger partial charge is 0.303 e. The van der Waals surface area contributed by atoms with Crippen molar-refractivity contribution in [1.82, 2.24) is 5.32 Å². The van der Waals surface area contributed by atoms with Gasteiger partial charge in [-0.05, 0) is 60.8 Å². The molecule has 5 nitrogen and oxygen atoms in total. The van der Waals surface area contributed by atoms with E-state index in [-0.39, 0.29) is 18.9 Å². The Morgan fingerprint density at radius 1 is 1.38 bits per heavy atom. The molecule has 2 N–H and O–H groups in total. The third-order valence-corrected chi connectivity index (χ3v) is 3.51. The topological polar surface area (TPSA) is 75.6 Å². The average molecular weight is 358 g/mol. The molecule has 0 aliphatic carbocycles. The summed E-state index contributed by atoms with van der Waals surface area (Å²) in [5.74, 6) is -0.561. The summed E-state index contributed by atoms with van der Waals surface area (Å²) in [5, 5.41) is 11.4. The summed E-state index contributed by atoms with van der Waals surface area (Å²) in [6.45, 7) is 5.43. The van der Waals surface area contributed by atoms with Crippen LogP contribution in [0.25, 0.3) is 0 Å². The van der Waals surface area contributed by atoms with Crippen molar-refractivity contribution in [3.63, 3.8) is 0 Å². The van der Waals surface area contributed by atoms with E-state index >= 15 is 0 Å². The number of carbonyl (C=O) groups excluding carboxylic acids is 1. The van der Waals surface area contributed by atoms with Crippen LogP contribution in [0.1, 0.15) is 32.3 Å². The summed E-state index contributed by atoms with van der Waals surface area (Å²) >= 11 is 3.38. The molecule has 0 aromatic heterocycles. The molecular weight excluding hydrogens is 338 g/mol. The first-order valence-corrected chi connectivity index (χ1v) is 7.41. The molecule has 0 aliphatic heterocycles. The zero-order valence-corrected chi connectivity index (χ0v) is 14.0. The number of carboxylic acids is 1. The van der Waals surface area contributed by atoms with Gasteiger partial charge in [-0.25, -0.2) is 0 Å². The summed E-state index contributed by atoms with van der Waals surface area (Å²) in [7, 11) is 0. The minimum absolute atomic E-state index is 0.0116. The first-order chi connectivity index (χ1) is 9.69. The fourth-order valence-corrected chi connectivity index (χ4v) is 2.37. The molecule has 0 saturated heterocycles. The number of nitrogens with one attached hydrogen (secondary N) is 1. The third kappa shape index (κ3) is 6.62. The van der Waals surface area contributed by atoms with Crippen LogP contribution in [0.5, 0.6) is 5.75 Å². The molecule has 1 aromatic carbocycles. The maximum Gasteiger partial charge on any atom is 0.303 e. The van der Waals surface area contributed by atoms with Crippen molar-refractivity contribution in [3.8, 4) is 5.75 Å². The SMILES string of the molecule is Cc1ccc(OCC(=O)NC(C)(C)CCC(=O)O)c(Br)c1. The van der Waals surface area contributed by atoms with Crippen LogP contribution < -0.4 is 10.1 Å². The number of benzene rings is 1. The highest BCUT2D eigenvalue weighted by molar-refractivity contribution is 9.10. The number of amides is 1. The lowest BCUT2D eigenvalue weighted by Gasteiger charge is -2.25. The lowest BCUT2D eigenvalue weighted by atomic mass is 9.98. The molecule has 0 aliphatic rings. The molecule has 0 heterocycles. The van der Waals surface area contributed by atoms with Gasteiger partial charge in [0, 0.05) is 12.0 Å². The van der Waals surface area contributed by atoms with Gasteiger partial charge in [-0.2, -0.15) is 0 Å². The van der Waals surface area contributed by atoms with E-state index in [0.717, 1.165) is 10.0 Å². The number of halogens is 1. The molecule has 6 heteroatoms. The van der Waals surface area contributed by atoms with Crippen LogP contribution in [-0.4, -0.2) is 29.1 Å². The Hall–Kier alpha value is -1.56. The largest absolute Gasteiger partial charge is 0.483 e. The van der Waals surface area contributed by atoms with Crippen LogP contribution >= 0.6 is 15.9 Å². The second-order valence-corrected chi connectivity index (χ2v) is 6.40. The Balaban J connectivity index is 2.48. The molecule has 0 saturated carbocycles. The van der Waals surface area contributed by atoms with Crippen LogP contribution in [0, 0.1) is 6.92 Å². The lowest BCUT2D eigenvalue weighted by molar-refractivity contribution is -0.138. The maximum atomic E-state index is 11.9. The Bertz CT molecular complexity index is 528. The van der Waals surface area contributed by atoms with Gasteiger partial charge in [-0.3, -0.25) is 9.59 Å².